The lowest BCUT2D eigenvalue weighted by Crippen LogP contribution is -2.21. The van der Waals surface area contributed by atoms with Gasteiger partial charge in [0.25, 0.3) is 11.5 Å². The Morgan fingerprint density at radius 1 is 1.14 bits per heavy atom. The van der Waals surface area contributed by atoms with Gasteiger partial charge in [-0.05, 0) is 42.8 Å². The van der Waals surface area contributed by atoms with E-state index in [1.165, 1.54) is 27.1 Å². The Bertz CT molecular complexity index is 1110. The smallest absolute Gasteiger partial charge is 0.258 e. The molecule has 1 N–H and O–H groups in total. The van der Waals surface area contributed by atoms with Crippen LogP contribution in [0.4, 0.5) is 5.69 Å². The molecule has 3 aromatic rings. The van der Waals surface area contributed by atoms with Gasteiger partial charge in [0.05, 0.1) is 11.4 Å². The second-order valence-electron chi connectivity index (χ2n) is 6.84. The van der Waals surface area contributed by atoms with Gasteiger partial charge in [0, 0.05) is 43.4 Å². The number of rotatable bonds is 6. The van der Waals surface area contributed by atoms with Gasteiger partial charge in [0.15, 0.2) is 0 Å². The number of thioether (sulfide) groups is 1. The zero-order valence-electron chi connectivity index (χ0n) is 16.5. The molecule has 0 radical (unpaired) electrons. The largest absolute Gasteiger partial charge is 0.345 e. The molecule has 2 heterocycles. The Morgan fingerprint density at radius 3 is 2.55 bits per heavy atom. The normalized spacial score (nSPS) is 10.7. The van der Waals surface area contributed by atoms with E-state index in [0.29, 0.717) is 28.3 Å². The van der Waals surface area contributed by atoms with Crippen LogP contribution in [0.2, 0.25) is 0 Å². The molecule has 0 fully saturated rings. The number of carbonyl (C=O) groups is 2. The first kappa shape index (κ1) is 20.6. The number of fused-ring (bicyclic) bond motifs is 1. The molecule has 2 aromatic heterocycles. The van der Waals surface area contributed by atoms with Crippen molar-refractivity contribution in [3.05, 3.63) is 75.8 Å². The lowest BCUT2D eigenvalue weighted by Gasteiger charge is -2.11. The van der Waals surface area contributed by atoms with Crippen LogP contribution in [0, 0.1) is 6.92 Å². The summed E-state index contributed by atoms with van der Waals surface area (Å²) < 4.78 is 1.51. The van der Waals surface area contributed by atoms with Gasteiger partial charge in [-0.2, -0.15) is 0 Å². The van der Waals surface area contributed by atoms with Gasteiger partial charge in [-0.3, -0.25) is 18.8 Å². The van der Waals surface area contributed by atoms with Crippen molar-refractivity contribution in [2.45, 2.75) is 12.7 Å². The van der Waals surface area contributed by atoms with Crippen LogP contribution in [-0.4, -0.2) is 45.9 Å². The monoisotopic (exact) mass is 410 g/mol. The fraction of sp³-hybridized carbons (Fsp3) is 0.238. The standard InChI is InChI=1S/C21H22N4O3S/c1-14-4-9-18-22-17(10-20(27)25(18)11-14)12-29-13-19(26)23-16-7-5-15(6-8-16)21(28)24(2)3/h4-11H,12-13H2,1-3H3,(H,23,26). The van der Waals surface area contributed by atoms with Crippen molar-refractivity contribution >= 4 is 34.9 Å². The van der Waals surface area contributed by atoms with Gasteiger partial charge in [0.1, 0.15) is 5.65 Å². The Hall–Kier alpha value is -3.13. The van der Waals surface area contributed by atoms with Crippen LogP contribution in [0.3, 0.4) is 0 Å². The molecule has 8 heteroatoms. The van der Waals surface area contributed by atoms with Gasteiger partial charge < -0.3 is 10.2 Å². The van der Waals surface area contributed by atoms with Crippen LogP contribution >= 0.6 is 11.8 Å². The average molecular weight is 410 g/mol. The number of carbonyl (C=O) groups excluding carboxylic acids is 2. The maximum atomic E-state index is 12.2. The van der Waals surface area contributed by atoms with Crippen LogP contribution < -0.4 is 10.9 Å². The summed E-state index contributed by atoms with van der Waals surface area (Å²) in [6.07, 6.45) is 1.76. The van der Waals surface area contributed by atoms with Crippen LogP contribution in [0.1, 0.15) is 21.6 Å². The highest BCUT2D eigenvalue weighted by Gasteiger charge is 2.09. The molecule has 29 heavy (non-hydrogen) atoms. The second kappa shape index (κ2) is 8.91. The molecular weight excluding hydrogens is 388 g/mol. The molecule has 0 spiro atoms. The molecule has 0 aliphatic rings. The maximum Gasteiger partial charge on any atom is 0.258 e. The van der Waals surface area contributed by atoms with E-state index in [9.17, 15) is 14.4 Å². The summed E-state index contributed by atoms with van der Waals surface area (Å²) in [5.41, 5.74) is 3.28. The van der Waals surface area contributed by atoms with Crippen LogP contribution in [0.15, 0.2) is 53.5 Å². The molecule has 0 aliphatic carbocycles. The molecule has 0 atom stereocenters. The molecule has 0 bridgehead atoms. The number of nitrogens with zero attached hydrogens (tertiary/aromatic N) is 3. The molecule has 1 aromatic carbocycles. The number of nitrogens with one attached hydrogen (secondary N) is 1. The summed E-state index contributed by atoms with van der Waals surface area (Å²) in [5, 5.41) is 2.80. The Morgan fingerprint density at radius 2 is 1.86 bits per heavy atom. The number of aromatic nitrogens is 2. The first-order valence-corrected chi connectivity index (χ1v) is 10.2. The van der Waals surface area contributed by atoms with E-state index in [1.807, 2.05) is 19.1 Å². The fourth-order valence-electron chi connectivity index (χ4n) is 2.73. The molecule has 0 unspecified atom stereocenters. The van der Waals surface area contributed by atoms with Crippen molar-refractivity contribution in [1.29, 1.82) is 0 Å². The van der Waals surface area contributed by atoms with E-state index < -0.39 is 0 Å². The molecule has 150 valence electrons. The molecule has 3 rings (SSSR count). The first-order valence-electron chi connectivity index (χ1n) is 9.02. The van der Waals surface area contributed by atoms with E-state index in [2.05, 4.69) is 10.3 Å². The van der Waals surface area contributed by atoms with Gasteiger partial charge in [-0.1, -0.05) is 6.07 Å². The van der Waals surface area contributed by atoms with Gasteiger partial charge in [-0.25, -0.2) is 4.98 Å². The summed E-state index contributed by atoms with van der Waals surface area (Å²) in [7, 11) is 3.38. The first-order chi connectivity index (χ1) is 13.8. The number of hydrogen-bond donors (Lipinski definition) is 1. The fourth-order valence-corrected chi connectivity index (χ4v) is 3.45. The van der Waals surface area contributed by atoms with Gasteiger partial charge in [-0.15, -0.1) is 11.8 Å². The van der Waals surface area contributed by atoms with E-state index in [0.717, 1.165) is 5.56 Å². The summed E-state index contributed by atoms with van der Waals surface area (Å²) in [4.78, 5) is 42.2. The van der Waals surface area contributed by atoms with Crippen molar-refractivity contribution < 1.29 is 9.59 Å². The number of pyridine rings is 1. The Balaban J connectivity index is 1.55. The molecular formula is C21H22N4O3S. The lowest BCUT2D eigenvalue weighted by atomic mass is 10.2. The van der Waals surface area contributed by atoms with E-state index >= 15 is 0 Å². The quantitative estimate of drug-likeness (QED) is 0.675. The lowest BCUT2D eigenvalue weighted by molar-refractivity contribution is -0.113. The number of hydrogen-bond acceptors (Lipinski definition) is 5. The van der Waals surface area contributed by atoms with Gasteiger partial charge in [0.2, 0.25) is 5.91 Å². The van der Waals surface area contributed by atoms with E-state index in [4.69, 9.17) is 0 Å². The predicted molar refractivity (Wildman–Crippen MR) is 115 cm³/mol. The van der Waals surface area contributed by atoms with Crippen molar-refractivity contribution in [2.24, 2.45) is 0 Å². The number of amides is 2. The van der Waals surface area contributed by atoms with Gasteiger partial charge >= 0.3 is 0 Å². The van der Waals surface area contributed by atoms with Crippen molar-refractivity contribution in [2.75, 3.05) is 25.2 Å². The minimum absolute atomic E-state index is 0.0904. The van der Waals surface area contributed by atoms with Crippen molar-refractivity contribution in [3.63, 3.8) is 0 Å². The van der Waals surface area contributed by atoms with Crippen LogP contribution in [0.25, 0.3) is 5.65 Å². The Kier molecular flexibility index (Phi) is 6.33. The highest BCUT2D eigenvalue weighted by molar-refractivity contribution is 7.99. The predicted octanol–water partition coefficient (Wildman–Crippen LogP) is 2.58. The SMILES string of the molecule is Cc1ccc2nc(CSCC(=O)Nc3ccc(C(=O)N(C)C)cc3)cc(=O)n2c1. The minimum Gasteiger partial charge on any atom is -0.345 e. The van der Waals surface area contributed by atoms with Crippen molar-refractivity contribution in [1.82, 2.24) is 14.3 Å². The highest BCUT2D eigenvalue weighted by Crippen LogP contribution is 2.14. The van der Waals surface area contributed by atoms with Crippen LogP contribution in [-0.2, 0) is 10.5 Å². The summed E-state index contributed by atoms with van der Waals surface area (Å²) >= 11 is 1.38. The topological polar surface area (TPSA) is 83.8 Å². The summed E-state index contributed by atoms with van der Waals surface area (Å²) in [5.74, 6) is 0.443. The van der Waals surface area contributed by atoms with E-state index in [-0.39, 0.29) is 23.1 Å². The molecule has 0 saturated carbocycles. The van der Waals surface area contributed by atoms with Crippen LogP contribution in [0.5, 0.6) is 0 Å². The minimum atomic E-state index is -0.158. The second-order valence-corrected chi connectivity index (χ2v) is 7.82. The average Bonchev–Trinajstić information content (AvgIpc) is 2.68. The maximum absolute atomic E-state index is 12.2. The van der Waals surface area contributed by atoms with E-state index in [1.54, 1.807) is 44.6 Å². The third-order valence-electron chi connectivity index (χ3n) is 4.17. The molecule has 7 nitrogen and oxygen atoms in total. The van der Waals surface area contributed by atoms with Crippen molar-refractivity contribution in [3.8, 4) is 0 Å². The molecule has 0 saturated heterocycles. The molecule has 0 aliphatic heterocycles. The summed E-state index contributed by atoms with van der Waals surface area (Å²) in [6.45, 7) is 1.92. The summed E-state index contributed by atoms with van der Waals surface area (Å²) in [6, 6.07) is 12.0. The Labute approximate surface area is 172 Å². The third kappa shape index (κ3) is 5.23. The highest BCUT2D eigenvalue weighted by atomic mass is 32.2. The zero-order chi connectivity index (χ0) is 21.0. The number of aryl methyl sites for hydroxylation is 1. The number of benzene rings is 1. The third-order valence-corrected chi connectivity index (χ3v) is 5.13. The molecule has 2 amide bonds. The zero-order valence-corrected chi connectivity index (χ0v) is 17.3. The number of anilines is 1.